The van der Waals surface area contributed by atoms with Crippen LogP contribution in [0.25, 0.3) is 11.3 Å². The van der Waals surface area contributed by atoms with Gasteiger partial charge in [-0.15, -0.1) is 5.10 Å². The summed E-state index contributed by atoms with van der Waals surface area (Å²) < 4.78 is 48.9. The van der Waals surface area contributed by atoms with Crippen LogP contribution < -0.4 is 4.72 Å². The van der Waals surface area contributed by atoms with E-state index in [1.807, 2.05) is 0 Å². The van der Waals surface area contributed by atoms with Gasteiger partial charge in [0, 0.05) is 12.1 Å². The van der Waals surface area contributed by atoms with Crippen molar-refractivity contribution in [1.82, 2.24) is 19.7 Å². The summed E-state index contributed by atoms with van der Waals surface area (Å²) in [6, 6.07) is 13.8. The maximum atomic E-state index is 13.4. The smallest absolute Gasteiger partial charge is 0.240 e. The minimum Gasteiger partial charge on any atom is -0.394 e. The van der Waals surface area contributed by atoms with E-state index in [0.29, 0.717) is 37.1 Å². The number of nitrogens with one attached hydrogen (secondary N) is 1. The maximum absolute atomic E-state index is 13.4. The molecule has 0 radical (unpaired) electrons. The van der Waals surface area contributed by atoms with Gasteiger partial charge in [0.25, 0.3) is 0 Å². The minimum absolute atomic E-state index is 0.147. The predicted octanol–water partition coefficient (Wildman–Crippen LogP) is 2.36. The largest absolute Gasteiger partial charge is 0.394 e. The van der Waals surface area contributed by atoms with E-state index in [4.69, 9.17) is 4.74 Å². The number of nitrogens with zero attached hydrogens (tertiary/aromatic N) is 3. The monoisotopic (exact) mass is 460 g/mol. The Bertz CT molecular complexity index is 1140. The Morgan fingerprint density at radius 2 is 1.97 bits per heavy atom. The average molecular weight is 461 g/mol. The average Bonchev–Trinajstić information content (AvgIpc) is 3.28. The number of aryl methyl sites for hydroxylation is 1. The van der Waals surface area contributed by atoms with Gasteiger partial charge in [0.1, 0.15) is 11.5 Å². The maximum Gasteiger partial charge on any atom is 0.240 e. The summed E-state index contributed by atoms with van der Waals surface area (Å²) >= 11 is 0. The molecule has 4 rings (SSSR count). The van der Waals surface area contributed by atoms with Crippen molar-refractivity contribution in [2.45, 2.75) is 49.0 Å². The summed E-state index contributed by atoms with van der Waals surface area (Å²) in [6.07, 6.45) is 2.79. The number of aromatic nitrogens is 3. The van der Waals surface area contributed by atoms with E-state index in [0.717, 1.165) is 0 Å². The van der Waals surface area contributed by atoms with Crippen LogP contribution in [0, 0.1) is 5.82 Å². The van der Waals surface area contributed by atoms with Gasteiger partial charge >= 0.3 is 0 Å². The Labute approximate surface area is 186 Å². The lowest BCUT2D eigenvalue weighted by Gasteiger charge is -2.36. The quantitative estimate of drug-likeness (QED) is 0.535. The lowest BCUT2D eigenvalue weighted by Crippen LogP contribution is -2.50. The van der Waals surface area contributed by atoms with Crippen LogP contribution >= 0.6 is 0 Å². The Balaban J connectivity index is 1.33. The molecule has 0 spiro atoms. The molecule has 2 aromatic carbocycles. The van der Waals surface area contributed by atoms with Crippen LogP contribution in [-0.4, -0.2) is 53.4 Å². The number of hydrogen-bond donors (Lipinski definition) is 2. The number of sulfonamides is 1. The van der Waals surface area contributed by atoms with Gasteiger partial charge in [-0.25, -0.2) is 17.5 Å². The Hall–Kier alpha value is -2.66. The molecule has 170 valence electrons. The van der Waals surface area contributed by atoms with Crippen molar-refractivity contribution in [3.63, 3.8) is 0 Å². The molecule has 0 aliphatic carbocycles. The van der Waals surface area contributed by atoms with Crippen LogP contribution in [0.4, 0.5) is 4.39 Å². The first-order chi connectivity index (χ1) is 15.4. The van der Waals surface area contributed by atoms with Gasteiger partial charge in [-0.05, 0) is 43.5 Å². The fourth-order valence-electron chi connectivity index (χ4n) is 3.81. The van der Waals surface area contributed by atoms with Crippen LogP contribution in [0.5, 0.6) is 0 Å². The molecule has 0 unspecified atom stereocenters. The van der Waals surface area contributed by atoms with Crippen molar-refractivity contribution in [1.29, 1.82) is 0 Å². The Morgan fingerprint density at radius 1 is 1.16 bits per heavy atom. The van der Waals surface area contributed by atoms with Crippen molar-refractivity contribution in [2.75, 3.05) is 6.61 Å². The highest BCUT2D eigenvalue weighted by atomic mass is 32.2. The summed E-state index contributed by atoms with van der Waals surface area (Å²) in [5.41, 5.74) is 1.23. The molecule has 0 saturated carbocycles. The molecule has 2 heterocycles. The zero-order valence-corrected chi connectivity index (χ0v) is 18.2. The first kappa shape index (κ1) is 22.5. The lowest BCUT2D eigenvalue weighted by atomic mass is 9.98. The predicted molar refractivity (Wildman–Crippen MR) is 116 cm³/mol. The third kappa shape index (κ3) is 5.39. The van der Waals surface area contributed by atoms with Crippen molar-refractivity contribution in [3.8, 4) is 11.3 Å². The molecule has 10 heteroatoms. The molecular weight excluding hydrogens is 435 g/mol. The van der Waals surface area contributed by atoms with E-state index in [1.54, 1.807) is 41.2 Å². The lowest BCUT2D eigenvalue weighted by molar-refractivity contribution is -0.0891. The normalized spacial score (nSPS) is 21.5. The van der Waals surface area contributed by atoms with Gasteiger partial charge in [-0.3, -0.25) is 4.68 Å². The molecule has 32 heavy (non-hydrogen) atoms. The van der Waals surface area contributed by atoms with E-state index in [1.165, 1.54) is 24.3 Å². The SMILES string of the molecule is O=S(=O)(N[C@@H]1CC[C@@H](CCn2cc(-c3cccc(F)c3)nn2)O[C@H]1CO)c1ccccc1. The molecule has 8 nitrogen and oxygen atoms in total. The highest BCUT2D eigenvalue weighted by Crippen LogP contribution is 2.24. The number of aliphatic hydroxyl groups excluding tert-OH is 1. The summed E-state index contributed by atoms with van der Waals surface area (Å²) in [5.74, 6) is -0.333. The number of aliphatic hydroxyl groups is 1. The number of ether oxygens (including phenoxy) is 1. The van der Waals surface area contributed by atoms with Crippen molar-refractivity contribution < 1.29 is 22.7 Å². The highest BCUT2D eigenvalue weighted by Gasteiger charge is 2.33. The first-order valence-electron chi connectivity index (χ1n) is 10.4. The van der Waals surface area contributed by atoms with Crippen LogP contribution in [0.15, 0.2) is 65.7 Å². The molecule has 3 aromatic rings. The number of hydrogen-bond acceptors (Lipinski definition) is 6. The molecule has 0 amide bonds. The molecule has 1 aliphatic rings. The third-order valence-electron chi connectivity index (χ3n) is 5.49. The highest BCUT2D eigenvalue weighted by molar-refractivity contribution is 7.89. The van der Waals surface area contributed by atoms with E-state index in [2.05, 4.69) is 15.0 Å². The third-order valence-corrected chi connectivity index (χ3v) is 7.00. The van der Waals surface area contributed by atoms with Crippen molar-refractivity contribution >= 4 is 10.0 Å². The van der Waals surface area contributed by atoms with Gasteiger partial charge in [-0.1, -0.05) is 35.5 Å². The fraction of sp³-hybridized carbons (Fsp3) is 0.364. The summed E-state index contributed by atoms with van der Waals surface area (Å²) in [7, 11) is -3.69. The van der Waals surface area contributed by atoms with E-state index >= 15 is 0 Å². The Morgan fingerprint density at radius 3 is 2.72 bits per heavy atom. The second kappa shape index (κ2) is 9.86. The van der Waals surface area contributed by atoms with E-state index in [9.17, 15) is 17.9 Å². The molecule has 3 atom stereocenters. The second-order valence-corrected chi connectivity index (χ2v) is 9.48. The van der Waals surface area contributed by atoms with E-state index < -0.39 is 22.2 Å². The standard InChI is InChI=1S/C22H25FN4O4S/c23-17-6-4-5-16(13-17)21-14-27(26-24-21)12-11-18-9-10-20(22(15-28)31-18)25-32(29,30)19-7-2-1-3-8-19/h1-8,13-14,18,20,22,25,28H,9-12,15H2/t18-,20+,22-/m0/s1. The molecule has 1 fully saturated rings. The minimum atomic E-state index is -3.69. The molecule has 0 bridgehead atoms. The molecule has 1 aliphatic heterocycles. The molecule has 1 aromatic heterocycles. The van der Waals surface area contributed by atoms with Crippen LogP contribution in [-0.2, 0) is 21.3 Å². The van der Waals surface area contributed by atoms with Crippen molar-refractivity contribution in [2.24, 2.45) is 0 Å². The van der Waals surface area contributed by atoms with Gasteiger partial charge < -0.3 is 9.84 Å². The Kier molecular flexibility index (Phi) is 6.95. The van der Waals surface area contributed by atoms with Crippen LogP contribution in [0.3, 0.4) is 0 Å². The zero-order chi connectivity index (χ0) is 22.6. The van der Waals surface area contributed by atoms with Crippen molar-refractivity contribution in [3.05, 3.63) is 66.6 Å². The number of halogens is 1. The first-order valence-corrected chi connectivity index (χ1v) is 11.9. The van der Waals surface area contributed by atoms with Gasteiger partial charge in [0.05, 0.1) is 35.9 Å². The summed E-state index contributed by atoms with van der Waals surface area (Å²) in [5, 5.41) is 17.9. The molecule has 2 N–H and O–H groups in total. The zero-order valence-electron chi connectivity index (χ0n) is 17.3. The van der Waals surface area contributed by atoms with E-state index in [-0.39, 0.29) is 23.4 Å². The number of benzene rings is 2. The number of rotatable bonds is 8. The van der Waals surface area contributed by atoms with Crippen LogP contribution in [0.2, 0.25) is 0 Å². The molecule has 1 saturated heterocycles. The fourth-order valence-corrected chi connectivity index (χ4v) is 5.13. The molecular formula is C22H25FN4O4S. The van der Waals surface area contributed by atoms with Gasteiger partial charge in [-0.2, -0.15) is 0 Å². The topological polar surface area (TPSA) is 106 Å². The van der Waals surface area contributed by atoms with Gasteiger partial charge in [0.15, 0.2) is 0 Å². The second-order valence-electron chi connectivity index (χ2n) is 7.76. The summed E-state index contributed by atoms with van der Waals surface area (Å²) in [6.45, 7) is 0.247. The summed E-state index contributed by atoms with van der Waals surface area (Å²) in [4.78, 5) is 0.180. The van der Waals surface area contributed by atoms with Crippen LogP contribution in [0.1, 0.15) is 19.3 Å². The van der Waals surface area contributed by atoms with Gasteiger partial charge in [0.2, 0.25) is 10.0 Å².